The lowest BCUT2D eigenvalue weighted by Crippen LogP contribution is -2.09. The van der Waals surface area contributed by atoms with E-state index in [1.54, 1.807) is 18.7 Å². The molecule has 1 unspecified atom stereocenters. The van der Waals surface area contributed by atoms with E-state index in [2.05, 4.69) is 9.97 Å². The van der Waals surface area contributed by atoms with Gasteiger partial charge in [0, 0.05) is 23.5 Å². The smallest absolute Gasteiger partial charge is 0.162 e. The molecule has 2 rings (SSSR count). The Balaban J connectivity index is 2.42. The second-order valence-corrected chi connectivity index (χ2v) is 3.54. The van der Waals surface area contributed by atoms with Crippen LogP contribution < -0.4 is 5.73 Å². The molecule has 2 aromatic rings. The molecule has 0 bridgehead atoms. The Hall–Kier alpha value is -1.68. The van der Waals surface area contributed by atoms with Gasteiger partial charge in [0.25, 0.3) is 0 Å². The van der Waals surface area contributed by atoms with Crippen LogP contribution in [0.25, 0.3) is 11.4 Å². The Kier molecular flexibility index (Phi) is 2.51. The third-order valence-corrected chi connectivity index (χ3v) is 2.29. The van der Waals surface area contributed by atoms with E-state index in [0.717, 1.165) is 16.8 Å². The maximum absolute atomic E-state index is 5.78. The van der Waals surface area contributed by atoms with E-state index in [9.17, 15) is 0 Å². The summed E-state index contributed by atoms with van der Waals surface area (Å²) in [6.07, 6.45) is 5.00. The van der Waals surface area contributed by atoms with Crippen molar-refractivity contribution >= 4 is 0 Å². The van der Waals surface area contributed by atoms with E-state index in [1.807, 2.05) is 19.9 Å². The fourth-order valence-electron chi connectivity index (χ4n) is 1.45. The molecule has 0 radical (unpaired) electrons. The minimum Gasteiger partial charge on any atom is -0.472 e. The summed E-state index contributed by atoms with van der Waals surface area (Å²) in [5, 5.41) is 0. The van der Waals surface area contributed by atoms with Crippen LogP contribution in [0.1, 0.15) is 24.2 Å². The lowest BCUT2D eigenvalue weighted by molar-refractivity contribution is 0.568. The van der Waals surface area contributed by atoms with E-state index >= 15 is 0 Å². The summed E-state index contributed by atoms with van der Waals surface area (Å²) in [6.45, 7) is 3.85. The summed E-state index contributed by atoms with van der Waals surface area (Å²) >= 11 is 0. The van der Waals surface area contributed by atoms with Crippen molar-refractivity contribution in [1.82, 2.24) is 9.97 Å². The van der Waals surface area contributed by atoms with Gasteiger partial charge in [-0.25, -0.2) is 9.97 Å². The van der Waals surface area contributed by atoms with E-state index in [-0.39, 0.29) is 6.04 Å². The molecule has 2 N–H and O–H groups in total. The molecule has 0 spiro atoms. The van der Waals surface area contributed by atoms with Crippen molar-refractivity contribution in [2.45, 2.75) is 19.9 Å². The highest BCUT2D eigenvalue weighted by Crippen LogP contribution is 2.18. The minimum atomic E-state index is -0.0385. The Bertz CT molecular complexity index is 449. The SMILES string of the molecule is Cc1nc(-c2ccoc2)ncc1C(C)N. The first-order chi connectivity index (χ1) is 7.18. The fraction of sp³-hybridized carbons (Fsp3) is 0.273. The second-order valence-electron chi connectivity index (χ2n) is 3.54. The monoisotopic (exact) mass is 203 g/mol. The molecule has 2 heterocycles. The first kappa shape index (κ1) is 9.86. The van der Waals surface area contributed by atoms with Gasteiger partial charge in [0.1, 0.15) is 6.26 Å². The van der Waals surface area contributed by atoms with E-state index in [4.69, 9.17) is 10.2 Å². The third-order valence-electron chi connectivity index (χ3n) is 2.29. The molecule has 0 aliphatic rings. The quantitative estimate of drug-likeness (QED) is 0.811. The lowest BCUT2D eigenvalue weighted by Gasteiger charge is -2.08. The lowest BCUT2D eigenvalue weighted by atomic mass is 10.1. The van der Waals surface area contributed by atoms with Crippen LogP contribution in [0.5, 0.6) is 0 Å². The normalized spacial score (nSPS) is 12.7. The molecule has 0 aliphatic carbocycles. The van der Waals surface area contributed by atoms with Gasteiger partial charge in [-0.2, -0.15) is 0 Å². The van der Waals surface area contributed by atoms with Crippen LogP contribution >= 0.6 is 0 Å². The Morgan fingerprint density at radius 2 is 2.27 bits per heavy atom. The van der Waals surface area contributed by atoms with Crippen molar-refractivity contribution in [3.8, 4) is 11.4 Å². The molecular weight excluding hydrogens is 190 g/mol. The van der Waals surface area contributed by atoms with Gasteiger partial charge in [-0.15, -0.1) is 0 Å². The van der Waals surface area contributed by atoms with Crippen molar-refractivity contribution in [1.29, 1.82) is 0 Å². The van der Waals surface area contributed by atoms with Gasteiger partial charge < -0.3 is 10.2 Å². The topological polar surface area (TPSA) is 64.9 Å². The summed E-state index contributed by atoms with van der Waals surface area (Å²) in [4.78, 5) is 8.64. The second kappa shape index (κ2) is 3.82. The zero-order valence-corrected chi connectivity index (χ0v) is 8.77. The first-order valence-electron chi connectivity index (χ1n) is 4.80. The average Bonchev–Trinajstić information content (AvgIpc) is 2.69. The highest BCUT2D eigenvalue weighted by molar-refractivity contribution is 5.52. The minimum absolute atomic E-state index is 0.0385. The molecule has 2 aromatic heterocycles. The number of nitrogens with two attached hydrogens (primary N) is 1. The number of hydrogen-bond donors (Lipinski definition) is 1. The molecule has 0 aliphatic heterocycles. The average molecular weight is 203 g/mol. The van der Waals surface area contributed by atoms with Gasteiger partial charge in [0.15, 0.2) is 5.82 Å². The number of aryl methyl sites for hydroxylation is 1. The van der Waals surface area contributed by atoms with Gasteiger partial charge in [0.2, 0.25) is 0 Å². The number of aromatic nitrogens is 2. The Morgan fingerprint density at radius 1 is 1.47 bits per heavy atom. The van der Waals surface area contributed by atoms with Crippen LogP contribution in [-0.4, -0.2) is 9.97 Å². The number of nitrogens with zero attached hydrogens (tertiary/aromatic N) is 2. The summed E-state index contributed by atoms with van der Waals surface area (Å²) in [5.74, 6) is 0.672. The number of hydrogen-bond acceptors (Lipinski definition) is 4. The molecule has 0 amide bonds. The zero-order valence-electron chi connectivity index (χ0n) is 8.77. The van der Waals surface area contributed by atoms with Crippen LogP contribution in [0, 0.1) is 6.92 Å². The van der Waals surface area contributed by atoms with Crippen molar-refractivity contribution in [2.24, 2.45) is 5.73 Å². The maximum atomic E-state index is 5.78. The fourth-order valence-corrected chi connectivity index (χ4v) is 1.45. The number of rotatable bonds is 2. The standard InChI is InChI=1S/C11H13N3O/c1-7(12)10-5-13-11(14-8(10)2)9-3-4-15-6-9/h3-7H,12H2,1-2H3. The van der Waals surface area contributed by atoms with Gasteiger partial charge >= 0.3 is 0 Å². The molecule has 4 heteroatoms. The van der Waals surface area contributed by atoms with Crippen molar-refractivity contribution in [3.05, 3.63) is 36.0 Å². The molecule has 78 valence electrons. The zero-order chi connectivity index (χ0) is 10.8. The highest BCUT2D eigenvalue weighted by atomic mass is 16.3. The molecule has 15 heavy (non-hydrogen) atoms. The van der Waals surface area contributed by atoms with Crippen molar-refractivity contribution < 1.29 is 4.42 Å². The molecular formula is C11H13N3O. The maximum Gasteiger partial charge on any atom is 0.162 e. The summed E-state index contributed by atoms with van der Waals surface area (Å²) in [7, 11) is 0. The van der Waals surface area contributed by atoms with Gasteiger partial charge in [-0.1, -0.05) is 0 Å². The van der Waals surface area contributed by atoms with Crippen LogP contribution in [0.4, 0.5) is 0 Å². The summed E-state index contributed by atoms with van der Waals surface area (Å²) in [6, 6.07) is 1.80. The van der Waals surface area contributed by atoms with E-state index < -0.39 is 0 Å². The van der Waals surface area contributed by atoms with Gasteiger partial charge in [0.05, 0.1) is 11.8 Å². The van der Waals surface area contributed by atoms with Crippen molar-refractivity contribution in [2.75, 3.05) is 0 Å². The first-order valence-corrected chi connectivity index (χ1v) is 4.80. The van der Waals surface area contributed by atoms with Crippen LogP contribution in [0.3, 0.4) is 0 Å². The molecule has 1 atom stereocenters. The number of furan rings is 1. The predicted octanol–water partition coefficient (Wildman–Crippen LogP) is 2.06. The van der Waals surface area contributed by atoms with Gasteiger partial charge in [-0.3, -0.25) is 0 Å². The Morgan fingerprint density at radius 3 is 2.80 bits per heavy atom. The molecule has 0 saturated heterocycles. The molecule has 4 nitrogen and oxygen atoms in total. The third kappa shape index (κ3) is 1.89. The molecule has 0 saturated carbocycles. The summed E-state index contributed by atoms with van der Waals surface area (Å²) in [5.41, 5.74) is 8.56. The van der Waals surface area contributed by atoms with E-state index in [1.165, 1.54) is 0 Å². The van der Waals surface area contributed by atoms with E-state index in [0.29, 0.717) is 5.82 Å². The highest BCUT2D eigenvalue weighted by Gasteiger charge is 2.08. The van der Waals surface area contributed by atoms with Crippen molar-refractivity contribution in [3.63, 3.8) is 0 Å². The molecule has 0 aromatic carbocycles. The predicted molar refractivity (Wildman–Crippen MR) is 57.1 cm³/mol. The largest absolute Gasteiger partial charge is 0.472 e. The van der Waals surface area contributed by atoms with Crippen LogP contribution in [0.15, 0.2) is 29.2 Å². The van der Waals surface area contributed by atoms with Gasteiger partial charge in [-0.05, 0) is 19.9 Å². The van der Waals surface area contributed by atoms with Crippen LogP contribution in [0.2, 0.25) is 0 Å². The molecule has 0 fully saturated rings. The summed E-state index contributed by atoms with van der Waals surface area (Å²) < 4.78 is 4.98. The van der Waals surface area contributed by atoms with Crippen LogP contribution in [-0.2, 0) is 0 Å². The Labute approximate surface area is 88.2 Å².